The Morgan fingerprint density at radius 3 is 1.03 bits per heavy atom. The fraction of sp³-hybridized carbons (Fsp3) is 0.0725. The van der Waals surface area contributed by atoms with Gasteiger partial charge in [-0.25, -0.2) is 26.3 Å². The molecule has 0 saturated heterocycles. The molecule has 0 spiro atoms. The van der Waals surface area contributed by atoms with E-state index in [1.807, 2.05) is 127 Å². The van der Waals surface area contributed by atoms with E-state index in [1.54, 1.807) is 12.2 Å². The first-order valence-corrected chi connectivity index (χ1v) is 25.1. The number of hydrogen-bond acceptors (Lipinski definition) is 1. The summed E-state index contributed by atoms with van der Waals surface area (Å²) >= 11 is 0. The van der Waals surface area contributed by atoms with Crippen molar-refractivity contribution < 1.29 is 26.3 Å². The third-order valence-corrected chi connectivity index (χ3v) is 16.4. The van der Waals surface area contributed by atoms with Crippen LogP contribution in [0.5, 0.6) is 0 Å². The van der Waals surface area contributed by atoms with Gasteiger partial charge in [0.1, 0.15) is 0 Å². The van der Waals surface area contributed by atoms with E-state index in [4.69, 9.17) is 0 Å². The molecule has 0 bridgehead atoms. The standard InChI is InChI=1S/C69H45F6N/c1-5-40-19-23-42(24-20-40)68(44-33-61(70)65(74)62(71)34-44)56-17-11-8-14-50(56)53-31-28-47(38-59(53)68)76(46-27-30-52-49-13-7-10-16-55(49)67(3,4)58(52)37-46)48-29-32-54-51-15-9-12-18-57(51)69(60(54)39-48,43-25-21-41(6-2)22-26-43)45-35-63(72)66(75)64(73)36-45/h5-39H,1-2H2,3-4H3. The van der Waals surface area contributed by atoms with Crippen molar-refractivity contribution in [1.29, 1.82) is 0 Å². The van der Waals surface area contributed by atoms with Crippen LogP contribution in [-0.4, -0.2) is 0 Å². The quantitative estimate of drug-likeness (QED) is 0.103. The van der Waals surface area contributed by atoms with E-state index >= 15 is 26.3 Å². The summed E-state index contributed by atoms with van der Waals surface area (Å²) in [6, 6.07) is 62.2. The Kier molecular flexibility index (Phi) is 10.5. The van der Waals surface area contributed by atoms with Gasteiger partial charge < -0.3 is 4.90 Å². The first-order valence-electron chi connectivity index (χ1n) is 25.1. The van der Waals surface area contributed by atoms with Gasteiger partial charge in [0, 0.05) is 22.5 Å². The fourth-order valence-electron chi connectivity index (χ4n) is 13.0. The van der Waals surface area contributed by atoms with Crippen molar-refractivity contribution in [3.63, 3.8) is 0 Å². The lowest BCUT2D eigenvalue weighted by atomic mass is 9.67. The zero-order chi connectivity index (χ0) is 52.4. The summed E-state index contributed by atoms with van der Waals surface area (Å²) in [5.74, 6) is -8.39. The minimum atomic E-state index is -1.56. The highest BCUT2D eigenvalue weighted by Gasteiger charge is 2.49. The molecule has 0 fully saturated rings. The Hall–Kier alpha value is -8.94. The minimum Gasteiger partial charge on any atom is -0.310 e. The molecule has 0 radical (unpaired) electrons. The van der Waals surface area contributed by atoms with E-state index < -0.39 is 51.1 Å². The number of hydrogen-bond donors (Lipinski definition) is 0. The fourth-order valence-corrected chi connectivity index (χ4v) is 13.0. The first-order chi connectivity index (χ1) is 36.8. The maximum absolute atomic E-state index is 15.9. The maximum Gasteiger partial charge on any atom is 0.194 e. The first kappa shape index (κ1) is 46.8. The smallest absolute Gasteiger partial charge is 0.194 e. The summed E-state index contributed by atoms with van der Waals surface area (Å²) in [6.07, 6.45) is 3.44. The Morgan fingerprint density at radius 2 is 0.645 bits per heavy atom. The zero-order valence-electron chi connectivity index (χ0n) is 41.3. The molecule has 0 aliphatic heterocycles. The van der Waals surface area contributed by atoms with Crippen molar-refractivity contribution in [2.75, 3.05) is 4.90 Å². The highest BCUT2D eigenvalue weighted by molar-refractivity contribution is 5.93. The van der Waals surface area contributed by atoms with Gasteiger partial charge in [-0.15, -0.1) is 0 Å². The third kappa shape index (κ3) is 6.47. The molecule has 0 saturated carbocycles. The second-order valence-corrected chi connectivity index (χ2v) is 20.4. The van der Waals surface area contributed by atoms with Crippen molar-refractivity contribution in [3.8, 4) is 33.4 Å². The van der Waals surface area contributed by atoms with E-state index in [9.17, 15) is 0 Å². The molecule has 13 rings (SSSR count). The molecule has 2 atom stereocenters. The van der Waals surface area contributed by atoms with Gasteiger partial charge >= 0.3 is 0 Å². The Morgan fingerprint density at radius 1 is 0.329 bits per heavy atom. The van der Waals surface area contributed by atoms with Gasteiger partial charge in [0.25, 0.3) is 0 Å². The summed E-state index contributed by atoms with van der Waals surface area (Å²) in [6.45, 7) is 12.4. The molecule has 10 aromatic rings. The lowest BCUT2D eigenvalue weighted by Crippen LogP contribution is -2.30. The van der Waals surface area contributed by atoms with Gasteiger partial charge in [0.2, 0.25) is 0 Å². The minimum absolute atomic E-state index is 0.198. The van der Waals surface area contributed by atoms with E-state index in [-0.39, 0.29) is 11.1 Å². The van der Waals surface area contributed by atoms with Crippen LogP contribution in [0, 0.1) is 34.9 Å². The number of anilines is 3. The van der Waals surface area contributed by atoms with E-state index in [1.165, 1.54) is 5.56 Å². The van der Waals surface area contributed by atoms with Gasteiger partial charge in [0.05, 0.1) is 10.8 Å². The molecule has 7 heteroatoms. The van der Waals surface area contributed by atoms with E-state index in [0.717, 1.165) is 91.2 Å². The van der Waals surface area contributed by atoms with Crippen LogP contribution < -0.4 is 4.90 Å². The van der Waals surface area contributed by atoms with Crippen molar-refractivity contribution in [3.05, 3.63) is 315 Å². The lowest BCUT2D eigenvalue weighted by molar-refractivity contribution is 0.443. The molecule has 1 nitrogen and oxygen atoms in total. The molecule has 0 aromatic heterocycles. The largest absolute Gasteiger partial charge is 0.310 e. The van der Waals surface area contributed by atoms with Crippen LogP contribution in [0.15, 0.2) is 213 Å². The van der Waals surface area contributed by atoms with Crippen LogP contribution in [0.2, 0.25) is 0 Å². The van der Waals surface area contributed by atoms with Gasteiger partial charge in [0.15, 0.2) is 34.9 Å². The van der Waals surface area contributed by atoms with Gasteiger partial charge in [-0.2, -0.15) is 0 Å². The normalized spacial score (nSPS) is 17.0. The molecule has 3 aliphatic rings. The van der Waals surface area contributed by atoms with Crippen LogP contribution in [-0.2, 0) is 16.2 Å². The van der Waals surface area contributed by atoms with Gasteiger partial charge in [-0.1, -0.05) is 179 Å². The SMILES string of the molecule is C=Cc1ccc(C2(c3cc(F)c(F)c(F)c3)c3ccccc3-c3ccc(N(c4ccc5c(c4)C(C)(C)c4ccccc4-5)c4ccc5c(c4)C(c4ccc(C=C)cc4)(c4cc(F)c(F)c(F)c4)c4ccccc4-5)cc32)cc1. The van der Waals surface area contributed by atoms with Crippen LogP contribution in [0.3, 0.4) is 0 Å². The lowest BCUT2D eigenvalue weighted by Gasteiger charge is -2.36. The number of rotatable bonds is 9. The Labute approximate surface area is 437 Å². The molecule has 76 heavy (non-hydrogen) atoms. The molecule has 368 valence electrons. The number of benzene rings is 10. The van der Waals surface area contributed by atoms with Crippen molar-refractivity contribution in [2.24, 2.45) is 0 Å². The second kappa shape index (κ2) is 17.1. The maximum atomic E-state index is 15.9. The highest BCUT2D eigenvalue weighted by Crippen LogP contribution is 2.61. The van der Waals surface area contributed by atoms with E-state index in [2.05, 4.69) is 80.4 Å². The second-order valence-electron chi connectivity index (χ2n) is 20.4. The van der Waals surface area contributed by atoms with Gasteiger partial charge in [-0.3, -0.25) is 0 Å². The highest BCUT2D eigenvalue weighted by atomic mass is 19.2. The van der Waals surface area contributed by atoms with Crippen LogP contribution in [0.4, 0.5) is 43.4 Å². The average Bonchev–Trinajstić information content (AvgIpc) is 4.18. The van der Waals surface area contributed by atoms with Crippen molar-refractivity contribution in [1.82, 2.24) is 0 Å². The number of halogens is 6. The molecule has 0 amide bonds. The molecular weight excluding hydrogens is 957 g/mol. The van der Waals surface area contributed by atoms with Gasteiger partial charge in [-0.05, 0) is 161 Å². The topological polar surface area (TPSA) is 3.24 Å². The summed E-state index contributed by atoms with van der Waals surface area (Å²) in [7, 11) is 0. The molecule has 0 heterocycles. The predicted octanol–water partition coefficient (Wildman–Crippen LogP) is 18.3. The summed E-state index contributed by atoms with van der Waals surface area (Å²) in [4.78, 5) is 2.14. The van der Waals surface area contributed by atoms with E-state index in [0.29, 0.717) is 33.6 Å². The van der Waals surface area contributed by atoms with Crippen molar-refractivity contribution >= 4 is 29.2 Å². The summed E-state index contributed by atoms with van der Waals surface area (Å²) in [5.41, 5.74) is 13.2. The molecule has 2 unspecified atom stereocenters. The van der Waals surface area contributed by atoms with Crippen LogP contribution in [0.1, 0.15) is 80.6 Å². The Bertz CT molecular complexity index is 3840. The molecule has 3 aliphatic carbocycles. The predicted molar refractivity (Wildman–Crippen MR) is 293 cm³/mol. The number of fused-ring (bicyclic) bond motifs is 9. The van der Waals surface area contributed by atoms with Crippen LogP contribution in [0.25, 0.3) is 45.5 Å². The Balaban J connectivity index is 1.12. The summed E-state index contributed by atoms with van der Waals surface area (Å²) < 4.78 is 93.8. The zero-order valence-corrected chi connectivity index (χ0v) is 41.3. The van der Waals surface area contributed by atoms with Crippen LogP contribution >= 0.6 is 0 Å². The molecule has 10 aromatic carbocycles. The molecule has 0 N–H and O–H groups in total. The monoisotopic (exact) mass is 1000 g/mol. The summed E-state index contributed by atoms with van der Waals surface area (Å²) in [5, 5.41) is 0. The van der Waals surface area contributed by atoms with Crippen molar-refractivity contribution in [2.45, 2.75) is 30.1 Å². The third-order valence-electron chi connectivity index (χ3n) is 16.4. The average molecular weight is 1000 g/mol. The molecular formula is C69H45F6N. The number of nitrogens with zero attached hydrogens (tertiary/aromatic N) is 1.